The van der Waals surface area contributed by atoms with E-state index >= 15 is 0 Å². The van der Waals surface area contributed by atoms with Crippen LogP contribution in [0.3, 0.4) is 0 Å². The summed E-state index contributed by atoms with van der Waals surface area (Å²) in [5, 5.41) is 5.83. The Kier molecular flexibility index (Phi) is 5.92. The molecule has 0 bridgehead atoms. The number of amides is 1. The highest BCUT2D eigenvalue weighted by molar-refractivity contribution is 7.90. The molecule has 0 aliphatic heterocycles. The van der Waals surface area contributed by atoms with Gasteiger partial charge < -0.3 is 15.4 Å². The standard InChI is InChI=1S/C19H24N2O4S/c1-12-6-7-14(3)15(8-12)21-18(22)11-20-16-9-13(2)10-17(19(16)25-4)26(5,23)24/h6-10,20H,11H2,1-5H3,(H,21,22). The average molecular weight is 376 g/mol. The van der Waals surface area contributed by atoms with Gasteiger partial charge in [0.05, 0.1) is 19.3 Å². The molecule has 0 fully saturated rings. The van der Waals surface area contributed by atoms with Gasteiger partial charge in [0.15, 0.2) is 15.6 Å². The van der Waals surface area contributed by atoms with Crippen molar-refractivity contribution in [1.29, 1.82) is 0 Å². The first kappa shape index (κ1) is 19.8. The molecule has 2 aromatic rings. The predicted molar refractivity (Wildman–Crippen MR) is 104 cm³/mol. The fraction of sp³-hybridized carbons (Fsp3) is 0.316. The summed E-state index contributed by atoms with van der Waals surface area (Å²) in [6.07, 6.45) is 1.13. The van der Waals surface area contributed by atoms with E-state index in [-0.39, 0.29) is 23.1 Å². The Labute approximate surface area is 154 Å². The van der Waals surface area contributed by atoms with Crippen molar-refractivity contribution in [3.05, 3.63) is 47.0 Å². The summed E-state index contributed by atoms with van der Waals surface area (Å²) in [4.78, 5) is 12.4. The van der Waals surface area contributed by atoms with E-state index in [9.17, 15) is 13.2 Å². The molecule has 0 atom stereocenters. The maximum atomic E-state index is 12.3. The number of hydrogen-bond donors (Lipinski definition) is 2. The van der Waals surface area contributed by atoms with Crippen LogP contribution >= 0.6 is 0 Å². The Morgan fingerprint density at radius 3 is 2.31 bits per heavy atom. The van der Waals surface area contributed by atoms with Gasteiger partial charge in [-0.3, -0.25) is 4.79 Å². The summed E-state index contributed by atoms with van der Waals surface area (Å²) < 4.78 is 29.2. The number of rotatable bonds is 6. The topological polar surface area (TPSA) is 84.5 Å². The first-order valence-electron chi connectivity index (χ1n) is 8.11. The lowest BCUT2D eigenvalue weighted by Crippen LogP contribution is -2.22. The lowest BCUT2D eigenvalue weighted by molar-refractivity contribution is -0.114. The van der Waals surface area contributed by atoms with Crippen molar-refractivity contribution in [2.75, 3.05) is 30.5 Å². The number of methoxy groups -OCH3 is 1. The van der Waals surface area contributed by atoms with Crippen molar-refractivity contribution in [2.45, 2.75) is 25.7 Å². The minimum atomic E-state index is -3.45. The Hall–Kier alpha value is -2.54. The van der Waals surface area contributed by atoms with Crippen molar-refractivity contribution in [2.24, 2.45) is 0 Å². The summed E-state index contributed by atoms with van der Waals surface area (Å²) in [7, 11) is -2.05. The van der Waals surface area contributed by atoms with Gasteiger partial charge >= 0.3 is 0 Å². The number of carbonyl (C=O) groups is 1. The van der Waals surface area contributed by atoms with E-state index in [4.69, 9.17) is 4.74 Å². The number of nitrogens with one attached hydrogen (secondary N) is 2. The lowest BCUT2D eigenvalue weighted by atomic mass is 10.1. The molecule has 0 saturated heterocycles. The average Bonchev–Trinajstić information content (AvgIpc) is 2.55. The molecule has 0 aromatic heterocycles. The van der Waals surface area contributed by atoms with Crippen molar-refractivity contribution in [1.82, 2.24) is 0 Å². The molecule has 26 heavy (non-hydrogen) atoms. The molecule has 7 heteroatoms. The van der Waals surface area contributed by atoms with E-state index in [0.717, 1.165) is 28.6 Å². The second kappa shape index (κ2) is 7.78. The second-order valence-corrected chi connectivity index (χ2v) is 8.32. The molecule has 2 rings (SSSR count). The summed E-state index contributed by atoms with van der Waals surface area (Å²) >= 11 is 0. The molecule has 1 amide bonds. The van der Waals surface area contributed by atoms with Crippen LogP contribution in [0.4, 0.5) is 11.4 Å². The Morgan fingerprint density at radius 1 is 1.04 bits per heavy atom. The number of aryl methyl sites for hydroxylation is 3. The van der Waals surface area contributed by atoms with Gasteiger partial charge in [-0.25, -0.2) is 8.42 Å². The third-order valence-corrected chi connectivity index (χ3v) is 5.01. The van der Waals surface area contributed by atoms with Gasteiger partial charge in [0.2, 0.25) is 5.91 Å². The zero-order chi connectivity index (χ0) is 19.5. The highest BCUT2D eigenvalue weighted by atomic mass is 32.2. The molecule has 0 saturated carbocycles. The summed E-state index contributed by atoms with van der Waals surface area (Å²) in [6.45, 7) is 5.65. The quantitative estimate of drug-likeness (QED) is 0.809. The smallest absolute Gasteiger partial charge is 0.243 e. The molecule has 6 nitrogen and oxygen atoms in total. The normalized spacial score (nSPS) is 11.1. The molecule has 0 unspecified atom stereocenters. The summed E-state index contributed by atoms with van der Waals surface area (Å²) in [6, 6.07) is 9.13. The maximum absolute atomic E-state index is 12.3. The van der Waals surface area contributed by atoms with Crippen LogP contribution in [0, 0.1) is 20.8 Å². The zero-order valence-electron chi connectivity index (χ0n) is 15.6. The van der Waals surface area contributed by atoms with Gasteiger partial charge in [0.1, 0.15) is 4.90 Å². The molecule has 2 aromatic carbocycles. The SMILES string of the molecule is COc1c(NCC(=O)Nc2cc(C)ccc2C)cc(C)cc1S(C)(=O)=O. The molecule has 0 heterocycles. The van der Waals surface area contributed by atoms with E-state index in [0.29, 0.717) is 5.69 Å². The molecule has 2 N–H and O–H groups in total. The number of ether oxygens (including phenoxy) is 1. The predicted octanol–water partition coefficient (Wildman–Crippen LogP) is 3.07. The first-order valence-corrected chi connectivity index (χ1v) is 10.0. The van der Waals surface area contributed by atoms with Crippen LogP contribution in [0.15, 0.2) is 35.2 Å². The Bertz CT molecular complexity index is 937. The highest BCUT2D eigenvalue weighted by Gasteiger charge is 2.19. The summed E-state index contributed by atoms with van der Waals surface area (Å²) in [5.41, 5.74) is 3.99. The van der Waals surface area contributed by atoms with Crippen LogP contribution < -0.4 is 15.4 Å². The number of anilines is 2. The first-order chi connectivity index (χ1) is 12.1. The van der Waals surface area contributed by atoms with Crippen molar-refractivity contribution < 1.29 is 17.9 Å². The van der Waals surface area contributed by atoms with Gasteiger partial charge in [0, 0.05) is 11.9 Å². The van der Waals surface area contributed by atoms with Crippen LogP contribution in [0.25, 0.3) is 0 Å². The molecular formula is C19H24N2O4S. The number of hydrogen-bond acceptors (Lipinski definition) is 5. The van der Waals surface area contributed by atoms with E-state index < -0.39 is 9.84 Å². The molecule has 140 valence electrons. The van der Waals surface area contributed by atoms with Crippen molar-refractivity contribution in [3.8, 4) is 5.75 Å². The Balaban J connectivity index is 2.20. The van der Waals surface area contributed by atoms with E-state index in [1.807, 2.05) is 32.0 Å². The number of carbonyl (C=O) groups excluding carboxylic acids is 1. The molecule has 0 aliphatic carbocycles. The van der Waals surface area contributed by atoms with E-state index in [1.54, 1.807) is 19.1 Å². The lowest BCUT2D eigenvalue weighted by Gasteiger charge is -2.16. The third-order valence-electron chi connectivity index (χ3n) is 3.91. The third kappa shape index (κ3) is 4.76. The second-order valence-electron chi connectivity index (χ2n) is 6.34. The molecule has 0 radical (unpaired) electrons. The van der Waals surface area contributed by atoms with Crippen LogP contribution in [0.5, 0.6) is 5.75 Å². The van der Waals surface area contributed by atoms with E-state index in [2.05, 4.69) is 10.6 Å². The number of benzene rings is 2. The monoisotopic (exact) mass is 376 g/mol. The fourth-order valence-electron chi connectivity index (χ4n) is 2.60. The minimum Gasteiger partial charge on any atom is -0.493 e. The van der Waals surface area contributed by atoms with Gasteiger partial charge in [-0.15, -0.1) is 0 Å². The van der Waals surface area contributed by atoms with Gasteiger partial charge in [0.25, 0.3) is 0 Å². The minimum absolute atomic E-state index is 0.0175. The maximum Gasteiger partial charge on any atom is 0.243 e. The molecule has 0 spiro atoms. The van der Waals surface area contributed by atoms with Crippen LogP contribution in [0.1, 0.15) is 16.7 Å². The van der Waals surface area contributed by atoms with Crippen LogP contribution in [-0.2, 0) is 14.6 Å². The Morgan fingerprint density at radius 2 is 1.69 bits per heavy atom. The fourth-order valence-corrected chi connectivity index (χ4v) is 3.53. The number of sulfone groups is 1. The molecule has 0 aliphatic rings. The largest absolute Gasteiger partial charge is 0.493 e. The van der Waals surface area contributed by atoms with Gasteiger partial charge in [-0.1, -0.05) is 12.1 Å². The van der Waals surface area contributed by atoms with Crippen LogP contribution in [-0.4, -0.2) is 34.2 Å². The van der Waals surface area contributed by atoms with Crippen LogP contribution in [0.2, 0.25) is 0 Å². The summed E-state index contributed by atoms with van der Waals surface area (Å²) in [5.74, 6) is -0.0270. The van der Waals surface area contributed by atoms with Crippen molar-refractivity contribution in [3.63, 3.8) is 0 Å². The van der Waals surface area contributed by atoms with Crippen molar-refractivity contribution >= 4 is 27.1 Å². The van der Waals surface area contributed by atoms with E-state index in [1.165, 1.54) is 7.11 Å². The molecular weight excluding hydrogens is 352 g/mol. The zero-order valence-corrected chi connectivity index (χ0v) is 16.5. The van der Waals surface area contributed by atoms with Gasteiger partial charge in [-0.2, -0.15) is 0 Å². The van der Waals surface area contributed by atoms with Gasteiger partial charge in [-0.05, 0) is 55.7 Å². The highest BCUT2D eigenvalue weighted by Crippen LogP contribution is 2.33.